The van der Waals surface area contributed by atoms with Crippen molar-refractivity contribution in [1.82, 2.24) is 0 Å². The Morgan fingerprint density at radius 1 is 1.12 bits per heavy atom. The van der Waals surface area contributed by atoms with Crippen LogP contribution >= 0.6 is 0 Å². The fourth-order valence-electron chi connectivity index (χ4n) is 3.84. The first-order valence-electron chi connectivity index (χ1n) is 8.70. The fraction of sp³-hybridized carbons (Fsp3) is 0.579. The number of nitrogens with zero attached hydrogens (tertiary/aromatic N) is 1. The zero-order chi connectivity index (χ0) is 17.0. The van der Waals surface area contributed by atoms with Crippen LogP contribution in [0.2, 0.25) is 0 Å². The van der Waals surface area contributed by atoms with Gasteiger partial charge in [-0.3, -0.25) is 9.59 Å². The second kappa shape index (κ2) is 7.34. The van der Waals surface area contributed by atoms with E-state index in [-0.39, 0.29) is 11.6 Å². The highest BCUT2D eigenvalue weighted by Crippen LogP contribution is 2.41. The zero-order valence-electron chi connectivity index (χ0n) is 13.8. The summed E-state index contributed by atoms with van der Waals surface area (Å²) in [4.78, 5) is 35.3. The third-order valence-electron chi connectivity index (χ3n) is 5.27. The predicted octanol–water partition coefficient (Wildman–Crippen LogP) is 3.59. The van der Waals surface area contributed by atoms with Crippen molar-refractivity contribution in [3.05, 3.63) is 40.8 Å². The third-order valence-corrected chi connectivity index (χ3v) is 5.27. The average Bonchev–Trinajstić information content (AvgIpc) is 2.60. The molecule has 128 valence electrons. The van der Waals surface area contributed by atoms with Gasteiger partial charge in [0.25, 0.3) is 0 Å². The Kier molecular flexibility index (Phi) is 5.19. The van der Waals surface area contributed by atoms with Crippen molar-refractivity contribution >= 4 is 11.6 Å². The fourth-order valence-corrected chi connectivity index (χ4v) is 3.84. The molecule has 3 rings (SSSR count). The van der Waals surface area contributed by atoms with Crippen molar-refractivity contribution in [2.24, 2.45) is 11.1 Å². The first-order valence-corrected chi connectivity index (χ1v) is 8.70. The number of carbonyl (C=O) groups excluding carboxylic acids is 2. The van der Waals surface area contributed by atoms with Gasteiger partial charge in [0.15, 0.2) is 6.23 Å². The Morgan fingerprint density at radius 3 is 2.50 bits per heavy atom. The molecule has 2 aliphatic rings. The summed E-state index contributed by atoms with van der Waals surface area (Å²) in [6.07, 6.45) is 3.61. The first-order chi connectivity index (χ1) is 11.6. The zero-order valence-corrected chi connectivity index (χ0v) is 13.8. The van der Waals surface area contributed by atoms with Crippen LogP contribution in [-0.2, 0) is 20.7 Å². The van der Waals surface area contributed by atoms with E-state index in [0.29, 0.717) is 38.5 Å². The minimum absolute atomic E-state index is 0.0632. The molecule has 24 heavy (non-hydrogen) atoms. The van der Waals surface area contributed by atoms with Crippen molar-refractivity contribution in [2.75, 3.05) is 0 Å². The molecule has 0 amide bonds. The molecule has 1 aromatic carbocycles. The molecule has 0 radical (unpaired) electrons. The Labute approximate surface area is 141 Å². The molecule has 0 aromatic heterocycles. The maximum absolute atomic E-state index is 12.6. The SMILES string of the molecule is O=NC1OC2(CCC(=O)CC2)CC(=O)C1CCCc1ccccc1. The number of aryl methyl sites for hydroxylation is 1. The lowest BCUT2D eigenvalue weighted by Gasteiger charge is -2.43. The maximum atomic E-state index is 12.6. The van der Waals surface area contributed by atoms with Crippen LogP contribution in [0.3, 0.4) is 0 Å². The summed E-state index contributed by atoms with van der Waals surface area (Å²) in [6, 6.07) is 10.1. The van der Waals surface area contributed by atoms with Crippen LogP contribution < -0.4 is 0 Å². The third kappa shape index (κ3) is 3.78. The van der Waals surface area contributed by atoms with Gasteiger partial charge in [0.1, 0.15) is 11.6 Å². The van der Waals surface area contributed by atoms with Crippen LogP contribution in [0.4, 0.5) is 0 Å². The van der Waals surface area contributed by atoms with Crippen LogP contribution in [0.15, 0.2) is 35.5 Å². The highest BCUT2D eigenvalue weighted by Gasteiger charge is 2.48. The van der Waals surface area contributed by atoms with E-state index in [1.54, 1.807) is 0 Å². The molecular formula is C19H23NO4. The molecule has 1 aromatic rings. The van der Waals surface area contributed by atoms with Crippen LogP contribution in [0.25, 0.3) is 0 Å². The van der Waals surface area contributed by atoms with Crippen LogP contribution in [-0.4, -0.2) is 23.4 Å². The molecule has 1 heterocycles. The molecular weight excluding hydrogens is 306 g/mol. The number of hydrogen-bond acceptors (Lipinski definition) is 5. The first kappa shape index (κ1) is 17.0. The number of Topliss-reactive ketones (excluding diaryl/α,β-unsaturated/α-hetero) is 2. The standard InChI is InChI=1S/C19H23NO4/c21-15-9-11-19(12-10-15)13-17(22)16(18(20-23)24-19)8-4-7-14-5-2-1-3-6-14/h1-3,5-6,16,18H,4,7-13H2. The Bertz CT molecular complexity index is 603. The Morgan fingerprint density at radius 2 is 1.83 bits per heavy atom. The largest absolute Gasteiger partial charge is 0.345 e. The molecule has 1 aliphatic heterocycles. The molecule has 1 saturated carbocycles. The lowest BCUT2D eigenvalue weighted by molar-refractivity contribution is -0.179. The summed E-state index contributed by atoms with van der Waals surface area (Å²) in [5.74, 6) is -0.181. The van der Waals surface area contributed by atoms with Gasteiger partial charge in [0.05, 0.1) is 11.5 Å². The summed E-state index contributed by atoms with van der Waals surface area (Å²) in [7, 11) is 0. The molecule has 2 fully saturated rings. The Balaban J connectivity index is 1.59. The van der Waals surface area contributed by atoms with Gasteiger partial charge in [-0.25, -0.2) is 0 Å². The van der Waals surface area contributed by atoms with Gasteiger partial charge in [-0.1, -0.05) is 30.3 Å². The summed E-state index contributed by atoms with van der Waals surface area (Å²) < 4.78 is 5.95. The summed E-state index contributed by atoms with van der Waals surface area (Å²) in [6.45, 7) is 0. The van der Waals surface area contributed by atoms with E-state index in [9.17, 15) is 14.5 Å². The van der Waals surface area contributed by atoms with E-state index in [4.69, 9.17) is 4.74 Å². The number of rotatable bonds is 5. The number of ketones is 2. The van der Waals surface area contributed by atoms with Crippen LogP contribution in [0, 0.1) is 10.8 Å². The molecule has 2 atom stereocenters. The van der Waals surface area contributed by atoms with Crippen LogP contribution in [0.1, 0.15) is 50.5 Å². The van der Waals surface area contributed by atoms with Gasteiger partial charge in [0.2, 0.25) is 0 Å². The number of nitroso groups, excluding NO2 is 1. The smallest absolute Gasteiger partial charge is 0.199 e. The minimum atomic E-state index is -0.907. The number of carbonyl (C=O) groups is 2. The highest BCUT2D eigenvalue weighted by atomic mass is 16.5. The van der Waals surface area contributed by atoms with Gasteiger partial charge < -0.3 is 4.74 Å². The van der Waals surface area contributed by atoms with Crippen molar-refractivity contribution in [3.63, 3.8) is 0 Å². The number of ether oxygens (including phenoxy) is 1. The topological polar surface area (TPSA) is 72.8 Å². The van der Waals surface area contributed by atoms with Gasteiger partial charge in [0, 0.05) is 19.3 Å². The van der Waals surface area contributed by atoms with Gasteiger partial charge >= 0.3 is 0 Å². The minimum Gasteiger partial charge on any atom is -0.345 e. The van der Waals surface area contributed by atoms with E-state index < -0.39 is 17.7 Å². The second-order valence-electron chi connectivity index (χ2n) is 6.96. The summed E-state index contributed by atoms with van der Waals surface area (Å²) in [5.41, 5.74) is 0.582. The normalized spacial score (nSPS) is 26.5. The van der Waals surface area contributed by atoms with E-state index >= 15 is 0 Å². The van der Waals surface area contributed by atoms with Crippen molar-refractivity contribution < 1.29 is 14.3 Å². The second-order valence-corrected chi connectivity index (χ2v) is 6.96. The summed E-state index contributed by atoms with van der Waals surface area (Å²) >= 11 is 0. The number of benzene rings is 1. The van der Waals surface area contributed by atoms with Crippen molar-refractivity contribution in [3.8, 4) is 0 Å². The van der Waals surface area contributed by atoms with Crippen molar-refractivity contribution in [2.45, 2.75) is 63.2 Å². The van der Waals surface area contributed by atoms with Crippen LogP contribution in [0.5, 0.6) is 0 Å². The molecule has 2 unspecified atom stereocenters. The molecule has 5 nitrogen and oxygen atoms in total. The predicted molar refractivity (Wildman–Crippen MR) is 89.4 cm³/mol. The van der Waals surface area contributed by atoms with Gasteiger partial charge in [-0.15, -0.1) is 4.91 Å². The van der Waals surface area contributed by atoms with E-state index in [0.717, 1.165) is 12.8 Å². The molecule has 1 aliphatic carbocycles. The monoisotopic (exact) mass is 329 g/mol. The molecule has 0 N–H and O–H groups in total. The van der Waals surface area contributed by atoms with Gasteiger partial charge in [-0.2, -0.15) is 0 Å². The quantitative estimate of drug-likeness (QED) is 0.774. The van der Waals surface area contributed by atoms with E-state index in [2.05, 4.69) is 17.3 Å². The Hall–Kier alpha value is -1.88. The number of hydrogen-bond donors (Lipinski definition) is 0. The average molecular weight is 329 g/mol. The lowest BCUT2D eigenvalue weighted by Crippen LogP contribution is -2.50. The summed E-state index contributed by atoms with van der Waals surface area (Å²) in [5, 5.41) is 3.10. The van der Waals surface area contributed by atoms with Crippen molar-refractivity contribution in [1.29, 1.82) is 0 Å². The lowest BCUT2D eigenvalue weighted by atomic mass is 9.75. The van der Waals surface area contributed by atoms with E-state index in [1.807, 2.05) is 18.2 Å². The maximum Gasteiger partial charge on any atom is 0.199 e. The molecule has 5 heteroatoms. The highest BCUT2D eigenvalue weighted by molar-refractivity contribution is 5.84. The van der Waals surface area contributed by atoms with Gasteiger partial charge in [-0.05, 0) is 42.8 Å². The molecule has 0 bridgehead atoms. The van der Waals surface area contributed by atoms with E-state index in [1.165, 1.54) is 5.56 Å². The molecule has 1 spiro atoms. The molecule has 1 saturated heterocycles.